The number of hydrogen-bond acceptors (Lipinski definition) is 3. The molecular weight excluding hydrogens is 320 g/mol. The van der Waals surface area contributed by atoms with Gasteiger partial charge in [-0.05, 0) is 36.0 Å². The normalized spacial score (nSPS) is 25.3. The van der Waals surface area contributed by atoms with Crippen molar-refractivity contribution in [1.82, 2.24) is 14.5 Å². The summed E-state index contributed by atoms with van der Waals surface area (Å²) < 4.78 is 2.10. The van der Waals surface area contributed by atoms with Crippen molar-refractivity contribution in [2.24, 2.45) is 18.4 Å². The van der Waals surface area contributed by atoms with Gasteiger partial charge in [-0.3, -0.25) is 0 Å². The second-order valence-electron chi connectivity index (χ2n) is 7.44. The van der Waals surface area contributed by atoms with E-state index < -0.39 is 0 Å². The maximum Gasteiger partial charge on any atom is 0.142 e. The van der Waals surface area contributed by atoms with Crippen LogP contribution in [0.2, 0.25) is 5.02 Å². The van der Waals surface area contributed by atoms with Gasteiger partial charge >= 0.3 is 0 Å². The molecule has 1 aliphatic heterocycles. The molecule has 0 bridgehead atoms. The Kier molecular flexibility index (Phi) is 2.82. The predicted octanol–water partition coefficient (Wildman–Crippen LogP) is 4.13. The number of aryl methyl sites for hydroxylation is 1. The fourth-order valence-corrected chi connectivity index (χ4v) is 4.27. The van der Waals surface area contributed by atoms with Gasteiger partial charge in [-0.2, -0.15) is 0 Å². The van der Waals surface area contributed by atoms with E-state index in [1.807, 2.05) is 25.2 Å². The number of rotatable bonds is 2. The number of hydrogen-bond donors (Lipinski definition) is 0. The lowest BCUT2D eigenvalue weighted by atomic mass is 10.1. The molecule has 0 amide bonds. The van der Waals surface area contributed by atoms with Gasteiger partial charge in [0.1, 0.15) is 11.6 Å². The number of fused-ring (bicyclic) bond motifs is 2. The standard InChI is InChI=1S/C19H19ClN4/c1-19-8-12(19)10-24(11-19)17-7-13(14(20)9-21-17)18-22-15-5-3-4-6-16(15)23(18)2/h3-7,9,12H,8,10-11H2,1-2H3/t12?,19-/m0/s1. The number of anilines is 1. The summed E-state index contributed by atoms with van der Waals surface area (Å²) in [6.45, 7) is 4.57. The first kappa shape index (κ1) is 14.3. The van der Waals surface area contributed by atoms with E-state index in [1.54, 1.807) is 6.20 Å². The number of pyridine rings is 1. The quantitative estimate of drug-likeness (QED) is 0.704. The number of aromatic nitrogens is 3. The van der Waals surface area contributed by atoms with Crippen LogP contribution in [-0.4, -0.2) is 27.6 Å². The van der Waals surface area contributed by atoms with Gasteiger partial charge in [-0.1, -0.05) is 30.7 Å². The molecule has 5 rings (SSSR count). The van der Waals surface area contributed by atoms with Gasteiger partial charge in [0.15, 0.2) is 0 Å². The van der Waals surface area contributed by atoms with Crippen LogP contribution in [0.1, 0.15) is 13.3 Å². The molecule has 2 aliphatic rings. The molecule has 4 nitrogen and oxygen atoms in total. The zero-order valence-electron chi connectivity index (χ0n) is 13.8. The highest BCUT2D eigenvalue weighted by atomic mass is 35.5. The molecule has 0 N–H and O–H groups in total. The van der Waals surface area contributed by atoms with Gasteiger partial charge in [0.25, 0.3) is 0 Å². The van der Waals surface area contributed by atoms with Crippen molar-refractivity contribution in [3.05, 3.63) is 41.6 Å². The van der Waals surface area contributed by atoms with Crippen LogP contribution in [0.15, 0.2) is 36.5 Å². The summed E-state index contributed by atoms with van der Waals surface area (Å²) >= 11 is 6.47. The third kappa shape index (κ3) is 1.99. The smallest absolute Gasteiger partial charge is 0.142 e. The summed E-state index contributed by atoms with van der Waals surface area (Å²) in [6.07, 6.45) is 3.12. The van der Waals surface area contributed by atoms with Crippen LogP contribution in [-0.2, 0) is 7.05 Å². The van der Waals surface area contributed by atoms with E-state index in [2.05, 4.69) is 33.5 Å². The average Bonchev–Trinajstić information content (AvgIpc) is 2.92. The summed E-state index contributed by atoms with van der Waals surface area (Å²) in [5.74, 6) is 2.73. The molecule has 122 valence electrons. The number of nitrogens with zero attached hydrogens (tertiary/aromatic N) is 4. The van der Waals surface area contributed by atoms with E-state index in [4.69, 9.17) is 16.6 Å². The highest BCUT2D eigenvalue weighted by Crippen LogP contribution is 2.57. The summed E-state index contributed by atoms with van der Waals surface area (Å²) in [5.41, 5.74) is 3.54. The number of para-hydroxylation sites is 2. The molecule has 5 heteroatoms. The van der Waals surface area contributed by atoms with Gasteiger partial charge < -0.3 is 9.47 Å². The van der Waals surface area contributed by atoms with Crippen LogP contribution in [0.5, 0.6) is 0 Å². The van der Waals surface area contributed by atoms with Gasteiger partial charge in [-0.25, -0.2) is 9.97 Å². The lowest BCUT2D eigenvalue weighted by molar-refractivity contribution is 0.595. The van der Waals surface area contributed by atoms with Gasteiger partial charge in [0.05, 0.1) is 16.1 Å². The first-order valence-electron chi connectivity index (χ1n) is 8.37. The van der Waals surface area contributed by atoms with E-state index in [9.17, 15) is 0 Å². The van der Waals surface area contributed by atoms with Crippen LogP contribution in [0.3, 0.4) is 0 Å². The second kappa shape index (κ2) is 4.73. The van der Waals surface area contributed by atoms with Crippen molar-refractivity contribution in [2.75, 3.05) is 18.0 Å². The largest absolute Gasteiger partial charge is 0.356 e. The molecule has 1 aliphatic carbocycles. The van der Waals surface area contributed by atoms with Crippen molar-refractivity contribution in [1.29, 1.82) is 0 Å². The minimum atomic E-state index is 0.499. The maximum absolute atomic E-state index is 6.47. The molecule has 0 radical (unpaired) electrons. The Morgan fingerprint density at radius 3 is 2.88 bits per heavy atom. The summed E-state index contributed by atoms with van der Waals surface area (Å²) in [5, 5.41) is 0.646. The Morgan fingerprint density at radius 1 is 1.29 bits per heavy atom. The molecule has 3 aromatic rings. The number of halogens is 1. The SMILES string of the molecule is Cn1c(-c2cc(N3CC4C[C@@]4(C)C3)ncc2Cl)nc2ccccc21. The summed E-state index contributed by atoms with van der Waals surface area (Å²) in [6, 6.07) is 10.2. The zero-order valence-corrected chi connectivity index (χ0v) is 14.6. The first-order chi connectivity index (χ1) is 11.5. The molecule has 1 aromatic carbocycles. The van der Waals surface area contributed by atoms with E-state index in [0.29, 0.717) is 10.4 Å². The molecule has 24 heavy (non-hydrogen) atoms. The van der Waals surface area contributed by atoms with Crippen LogP contribution >= 0.6 is 11.6 Å². The van der Waals surface area contributed by atoms with Crippen molar-refractivity contribution < 1.29 is 0 Å². The number of imidazole rings is 1. The van der Waals surface area contributed by atoms with E-state index in [-0.39, 0.29) is 0 Å². The third-order valence-electron chi connectivity index (χ3n) is 5.72. The molecule has 3 heterocycles. The van der Waals surface area contributed by atoms with Crippen LogP contribution in [0, 0.1) is 11.3 Å². The van der Waals surface area contributed by atoms with Gasteiger partial charge in [0, 0.05) is 31.9 Å². The fraction of sp³-hybridized carbons (Fsp3) is 0.368. The van der Waals surface area contributed by atoms with Crippen molar-refractivity contribution >= 4 is 28.5 Å². The predicted molar refractivity (Wildman–Crippen MR) is 97.4 cm³/mol. The minimum Gasteiger partial charge on any atom is -0.356 e. The Labute approximate surface area is 146 Å². The summed E-state index contributed by atoms with van der Waals surface area (Å²) in [4.78, 5) is 11.7. The van der Waals surface area contributed by atoms with Crippen molar-refractivity contribution in [2.45, 2.75) is 13.3 Å². The second-order valence-corrected chi connectivity index (χ2v) is 7.85. The Balaban J connectivity index is 1.60. The highest BCUT2D eigenvalue weighted by molar-refractivity contribution is 6.33. The highest BCUT2D eigenvalue weighted by Gasteiger charge is 2.56. The first-order valence-corrected chi connectivity index (χ1v) is 8.75. The Hall–Kier alpha value is -2.07. The van der Waals surface area contributed by atoms with Crippen LogP contribution < -0.4 is 4.90 Å². The molecule has 1 unspecified atom stereocenters. The number of benzene rings is 1. The Morgan fingerprint density at radius 2 is 2.12 bits per heavy atom. The van der Waals surface area contributed by atoms with E-state index >= 15 is 0 Å². The topological polar surface area (TPSA) is 34.0 Å². The van der Waals surface area contributed by atoms with Crippen molar-refractivity contribution in [3.8, 4) is 11.4 Å². The lowest BCUT2D eigenvalue weighted by Crippen LogP contribution is -2.24. The van der Waals surface area contributed by atoms with Crippen LogP contribution in [0.25, 0.3) is 22.4 Å². The average molecular weight is 339 g/mol. The fourth-order valence-electron chi connectivity index (χ4n) is 4.08. The molecule has 2 fully saturated rings. The Bertz CT molecular complexity index is 963. The minimum absolute atomic E-state index is 0.499. The molecule has 2 atom stereocenters. The molecule has 0 spiro atoms. The molecule has 1 saturated carbocycles. The van der Waals surface area contributed by atoms with E-state index in [0.717, 1.165) is 47.2 Å². The molecule has 2 aromatic heterocycles. The maximum atomic E-state index is 6.47. The molecule has 1 saturated heterocycles. The zero-order chi connectivity index (χ0) is 16.5. The number of piperidine rings is 1. The molecular formula is C19H19ClN4. The third-order valence-corrected chi connectivity index (χ3v) is 6.03. The van der Waals surface area contributed by atoms with Gasteiger partial charge in [0.2, 0.25) is 0 Å². The van der Waals surface area contributed by atoms with Crippen LogP contribution in [0.4, 0.5) is 5.82 Å². The monoisotopic (exact) mass is 338 g/mol. The van der Waals surface area contributed by atoms with Gasteiger partial charge in [-0.15, -0.1) is 0 Å². The lowest BCUT2D eigenvalue weighted by Gasteiger charge is -2.21. The van der Waals surface area contributed by atoms with Crippen molar-refractivity contribution in [3.63, 3.8) is 0 Å². The summed E-state index contributed by atoms with van der Waals surface area (Å²) in [7, 11) is 2.03. The van der Waals surface area contributed by atoms with E-state index in [1.165, 1.54) is 6.42 Å².